The average Bonchev–Trinajstić information content (AvgIpc) is 2.69. The molecule has 0 saturated carbocycles. The van der Waals surface area contributed by atoms with Gasteiger partial charge < -0.3 is 5.73 Å². The SMILES string of the molecule is NCC1(N2CCCCC2)CCSC1. The Morgan fingerprint density at radius 2 is 2.00 bits per heavy atom. The van der Waals surface area contributed by atoms with Crippen molar-refractivity contribution in [3.05, 3.63) is 0 Å². The van der Waals surface area contributed by atoms with Gasteiger partial charge in [0.15, 0.2) is 0 Å². The first-order chi connectivity index (χ1) is 6.37. The van der Waals surface area contributed by atoms with Gasteiger partial charge in [-0.05, 0) is 38.1 Å². The highest BCUT2D eigenvalue weighted by molar-refractivity contribution is 7.99. The second-order valence-corrected chi connectivity index (χ2v) is 5.38. The fourth-order valence-electron chi connectivity index (χ4n) is 2.50. The van der Waals surface area contributed by atoms with Gasteiger partial charge in [0, 0.05) is 17.8 Å². The molecule has 1 atom stereocenters. The van der Waals surface area contributed by atoms with Crippen LogP contribution in [0, 0.1) is 0 Å². The van der Waals surface area contributed by atoms with Crippen molar-refractivity contribution in [3.8, 4) is 0 Å². The molecule has 3 heteroatoms. The number of thioether (sulfide) groups is 1. The summed E-state index contributed by atoms with van der Waals surface area (Å²) in [5, 5.41) is 0. The van der Waals surface area contributed by atoms with Crippen molar-refractivity contribution in [2.45, 2.75) is 31.2 Å². The fourth-order valence-corrected chi connectivity index (χ4v) is 4.00. The van der Waals surface area contributed by atoms with Crippen molar-refractivity contribution < 1.29 is 0 Å². The summed E-state index contributed by atoms with van der Waals surface area (Å²) in [5.74, 6) is 2.58. The van der Waals surface area contributed by atoms with Crippen LogP contribution in [0.3, 0.4) is 0 Å². The normalized spacial score (nSPS) is 36.7. The Labute approximate surface area is 85.2 Å². The van der Waals surface area contributed by atoms with E-state index in [4.69, 9.17) is 5.73 Å². The summed E-state index contributed by atoms with van der Waals surface area (Å²) in [6.07, 6.45) is 5.50. The number of likely N-dealkylation sites (tertiary alicyclic amines) is 1. The van der Waals surface area contributed by atoms with E-state index in [1.807, 2.05) is 0 Å². The first kappa shape index (κ1) is 9.81. The van der Waals surface area contributed by atoms with Crippen LogP contribution in [0.5, 0.6) is 0 Å². The number of nitrogens with two attached hydrogens (primary N) is 1. The van der Waals surface area contributed by atoms with Gasteiger partial charge in [-0.1, -0.05) is 6.42 Å². The predicted octanol–water partition coefficient (Wildman–Crippen LogP) is 1.31. The van der Waals surface area contributed by atoms with E-state index in [0.717, 1.165) is 6.54 Å². The van der Waals surface area contributed by atoms with Crippen molar-refractivity contribution in [2.75, 3.05) is 31.1 Å². The molecule has 76 valence electrons. The van der Waals surface area contributed by atoms with Crippen LogP contribution in [0.1, 0.15) is 25.7 Å². The third kappa shape index (κ3) is 1.88. The van der Waals surface area contributed by atoms with Crippen molar-refractivity contribution in [1.82, 2.24) is 4.90 Å². The van der Waals surface area contributed by atoms with Crippen LogP contribution in [0.2, 0.25) is 0 Å². The van der Waals surface area contributed by atoms with Crippen LogP contribution in [0.25, 0.3) is 0 Å². The second kappa shape index (κ2) is 4.20. The zero-order valence-corrected chi connectivity index (χ0v) is 9.11. The molecule has 13 heavy (non-hydrogen) atoms. The van der Waals surface area contributed by atoms with Gasteiger partial charge in [-0.2, -0.15) is 11.8 Å². The molecule has 2 aliphatic heterocycles. The van der Waals surface area contributed by atoms with Crippen LogP contribution < -0.4 is 5.73 Å². The molecule has 2 saturated heterocycles. The standard InChI is InChI=1S/C10H20N2S/c11-8-10(4-7-13-9-10)12-5-2-1-3-6-12/h1-9,11H2. The zero-order chi connectivity index (χ0) is 9.15. The van der Waals surface area contributed by atoms with E-state index < -0.39 is 0 Å². The summed E-state index contributed by atoms with van der Waals surface area (Å²) in [6.45, 7) is 3.44. The number of hydrogen-bond donors (Lipinski definition) is 1. The molecule has 0 bridgehead atoms. The maximum atomic E-state index is 5.94. The van der Waals surface area contributed by atoms with Crippen molar-refractivity contribution in [3.63, 3.8) is 0 Å². The number of rotatable bonds is 2. The van der Waals surface area contributed by atoms with E-state index in [1.54, 1.807) is 0 Å². The van der Waals surface area contributed by atoms with Crippen molar-refractivity contribution >= 4 is 11.8 Å². The fraction of sp³-hybridized carbons (Fsp3) is 1.00. The molecule has 0 radical (unpaired) electrons. The first-order valence-corrected chi connectivity index (χ1v) is 6.56. The van der Waals surface area contributed by atoms with E-state index in [-0.39, 0.29) is 0 Å². The highest BCUT2D eigenvalue weighted by Gasteiger charge is 2.38. The summed E-state index contributed by atoms with van der Waals surface area (Å²) in [7, 11) is 0. The lowest BCUT2D eigenvalue weighted by Gasteiger charge is -2.42. The molecule has 2 fully saturated rings. The topological polar surface area (TPSA) is 29.3 Å². The highest BCUT2D eigenvalue weighted by atomic mass is 32.2. The zero-order valence-electron chi connectivity index (χ0n) is 8.30. The molecule has 1 unspecified atom stereocenters. The van der Waals surface area contributed by atoms with Gasteiger partial charge in [-0.3, -0.25) is 4.90 Å². The van der Waals surface area contributed by atoms with E-state index in [1.165, 1.54) is 50.3 Å². The Morgan fingerprint density at radius 3 is 2.54 bits per heavy atom. The van der Waals surface area contributed by atoms with Gasteiger partial charge in [-0.15, -0.1) is 0 Å². The Bertz CT molecular complexity index is 160. The second-order valence-electron chi connectivity index (χ2n) is 4.28. The van der Waals surface area contributed by atoms with Crippen molar-refractivity contribution in [2.24, 2.45) is 5.73 Å². The van der Waals surface area contributed by atoms with E-state index in [9.17, 15) is 0 Å². The van der Waals surface area contributed by atoms with E-state index in [2.05, 4.69) is 16.7 Å². The van der Waals surface area contributed by atoms with Gasteiger partial charge in [0.05, 0.1) is 0 Å². The van der Waals surface area contributed by atoms with Crippen LogP contribution >= 0.6 is 11.8 Å². The average molecular weight is 200 g/mol. The smallest absolute Gasteiger partial charge is 0.0429 e. The maximum Gasteiger partial charge on any atom is 0.0429 e. The van der Waals surface area contributed by atoms with Crippen LogP contribution in [0.15, 0.2) is 0 Å². The molecular weight excluding hydrogens is 180 g/mol. The maximum absolute atomic E-state index is 5.94. The van der Waals surface area contributed by atoms with Gasteiger partial charge in [0.2, 0.25) is 0 Å². The molecule has 0 aromatic rings. The summed E-state index contributed by atoms with van der Waals surface area (Å²) in [5.41, 5.74) is 6.32. The molecule has 2 rings (SSSR count). The lowest BCUT2D eigenvalue weighted by atomic mass is 9.94. The Morgan fingerprint density at radius 1 is 1.23 bits per heavy atom. The van der Waals surface area contributed by atoms with Gasteiger partial charge >= 0.3 is 0 Å². The molecule has 2 heterocycles. The Kier molecular flexibility index (Phi) is 3.17. The van der Waals surface area contributed by atoms with E-state index >= 15 is 0 Å². The quantitative estimate of drug-likeness (QED) is 0.729. The minimum Gasteiger partial charge on any atom is -0.329 e. The third-order valence-electron chi connectivity index (χ3n) is 3.49. The first-order valence-electron chi connectivity index (χ1n) is 5.40. The van der Waals surface area contributed by atoms with Crippen LogP contribution in [-0.4, -0.2) is 41.6 Å². The Balaban J connectivity index is 2.01. The lowest BCUT2D eigenvalue weighted by Crippen LogP contribution is -2.55. The third-order valence-corrected chi connectivity index (χ3v) is 4.72. The summed E-state index contributed by atoms with van der Waals surface area (Å²) >= 11 is 2.08. The highest BCUT2D eigenvalue weighted by Crippen LogP contribution is 2.34. The van der Waals surface area contributed by atoms with Crippen molar-refractivity contribution in [1.29, 1.82) is 0 Å². The molecule has 0 spiro atoms. The molecule has 0 amide bonds. The lowest BCUT2D eigenvalue weighted by molar-refractivity contribution is 0.0929. The molecule has 0 aromatic carbocycles. The van der Waals surface area contributed by atoms with Gasteiger partial charge in [-0.25, -0.2) is 0 Å². The monoisotopic (exact) mass is 200 g/mol. The van der Waals surface area contributed by atoms with Crippen LogP contribution in [-0.2, 0) is 0 Å². The number of piperidine rings is 1. The van der Waals surface area contributed by atoms with Crippen LogP contribution in [0.4, 0.5) is 0 Å². The minimum absolute atomic E-state index is 0.380. The van der Waals surface area contributed by atoms with Gasteiger partial charge in [0.25, 0.3) is 0 Å². The molecule has 2 nitrogen and oxygen atoms in total. The summed E-state index contributed by atoms with van der Waals surface area (Å²) in [4.78, 5) is 2.66. The Hall–Kier alpha value is 0.270. The number of nitrogens with zero attached hydrogens (tertiary/aromatic N) is 1. The molecule has 0 aromatic heterocycles. The summed E-state index contributed by atoms with van der Waals surface area (Å²) in [6, 6.07) is 0. The molecule has 2 N–H and O–H groups in total. The largest absolute Gasteiger partial charge is 0.329 e. The number of hydrogen-bond acceptors (Lipinski definition) is 3. The molecular formula is C10H20N2S. The molecule has 0 aliphatic carbocycles. The van der Waals surface area contributed by atoms with Gasteiger partial charge in [0.1, 0.15) is 0 Å². The minimum atomic E-state index is 0.380. The summed E-state index contributed by atoms with van der Waals surface area (Å²) < 4.78 is 0. The van der Waals surface area contributed by atoms with E-state index in [0.29, 0.717) is 5.54 Å². The predicted molar refractivity (Wildman–Crippen MR) is 59.2 cm³/mol. The molecule has 2 aliphatic rings.